The molecule has 1 rings (SSSR count). The highest BCUT2D eigenvalue weighted by Gasteiger charge is 2.32. The molecule has 16 heavy (non-hydrogen) atoms. The number of rotatable bonds is 4. The van der Waals surface area contributed by atoms with Crippen molar-refractivity contribution in [2.45, 2.75) is 25.6 Å². The lowest BCUT2D eigenvalue weighted by atomic mass is 10.2. The van der Waals surface area contributed by atoms with Gasteiger partial charge in [-0.15, -0.1) is 21.8 Å². The van der Waals surface area contributed by atoms with Gasteiger partial charge in [-0.1, -0.05) is 6.92 Å². The molecule has 0 aliphatic heterocycles. The first-order valence-corrected chi connectivity index (χ1v) is 5.24. The fourth-order valence-electron chi connectivity index (χ4n) is 1.02. The molecule has 0 aromatic carbocycles. The first-order valence-electron chi connectivity index (χ1n) is 4.70. The highest BCUT2D eigenvalue weighted by molar-refractivity contribution is 6.18. The van der Waals surface area contributed by atoms with E-state index in [9.17, 15) is 13.2 Å². The van der Waals surface area contributed by atoms with E-state index >= 15 is 0 Å². The van der Waals surface area contributed by atoms with Gasteiger partial charge in [-0.2, -0.15) is 13.2 Å². The van der Waals surface area contributed by atoms with Crippen LogP contribution in [-0.2, 0) is 6.18 Å². The number of alkyl halides is 4. The molecule has 0 radical (unpaired) electrons. The van der Waals surface area contributed by atoms with Crippen molar-refractivity contribution in [2.75, 3.05) is 11.2 Å². The monoisotopic (exact) mass is 253 g/mol. The van der Waals surface area contributed by atoms with Gasteiger partial charge >= 0.3 is 6.18 Å². The van der Waals surface area contributed by atoms with Gasteiger partial charge < -0.3 is 5.32 Å². The zero-order chi connectivity index (χ0) is 12.2. The van der Waals surface area contributed by atoms with Crippen LogP contribution in [0.5, 0.6) is 0 Å². The maximum atomic E-state index is 12.2. The Kier molecular flexibility index (Phi) is 4.35. The standard InChI is InChI=1S/C9H11ClF3N3/c1-2-6(5-10)14-8-4-3-7(15-16-8)9(11,12)13/h3-4,6H,2,5H2,1H3,(H,14,16). The van der Waals surface area contributed by atoms with Crippen molar-refractivity contribution in [1.82, 2.24) is 10.2 Å². The van der Waals surface area contributed by atoms with E-state index in [-0.39, 0.29) is 6.04 Å². The van der Waals surface area contributed by atoms with Crippen molar-refractivity contribution in [1.29, 1.82) is 0 Å². The van der Waals surface area contributed by atoms with E-state index in [1.807, 2.05) is 6.92 Å². The second-order valence-corrected chi connectivity index (χ2v) is 3.51. The zero-order valence-corrected chi connectivity index (χ0v) is 9.31. The molecule has 0 spiro atoms. The Bertz CT molecular complexity index is 322. The van der Waals surface area contributed by atoms with Crippen LogP contribution in [0.15, 0.2) is 12.1 Å². The van der Waals surface area contributed by atoms with Crippen molar-refractivity contribution in [3.05, 3.63) is 17.8 Å². The van der Waals surface area contributed by atoms with Gasteiger partial charge in [0.2, 0.25) is 0 Å². The third-order valence-electron chi connectivity index (χ3n) is 1.99. The maximum absolute atomic E-state index is 12.2. The Balaban J connectivity index is 2.72. The largest absolute Gasteiger partial charge is 0.435 e. The summed E-state index contributed by atoms with van der Waals surface area (Å²) in [5, 5.41) is 9.42. The molecule has 0 amide bonds. The summed E-state index contributed by atoms with van der Waals surface area (Å²) in [6, 6.07) is 2.11. The Labute approximate surface area is 96.0 Å². The third kappa shape index (κ3) is 3.52. The third-order valence-corrected chi connectivity index (χ3v) is 2.36. The maximum Gasteiger partial charge on any atom is 0.435 e. The lowest BCUT2D eigenvalue weighted by Crippen LogP contribution is -2.21. The molecule has 3 nitrogen and oxygen atoms in total. The molecule has 1 aromatic heterocycles. The van der Waals surface area contributed by atoms with Gasteiger partial charge in [0.05, 0.1) is 0 Å². The van der Waals surface area contributed by atoms with Crippen LogP contribution in [0.1, 0.15) is 19.0 Å². The molecule has 0 bridgehead atoms. The Morgan fingerprint density at radius 2 is 2.06 bits per heavy atom. The molecule has 1 heterocycles. The van der Waals surface area contributed by atoms with Gasteiger partial charge in [0.25, 0.3) is 0 Å². The smallest absolute Gasteiger partial charge is 0.365 e. The molecule has 0 fully saturated rings. The van der Waals surface area contributed by atoms with Gasteiger partial charge in [0, 0.05) is 11.9 Å². The lowest BCUT2D eigenvalue weighted by Gasteiger charge is -2.14. The van der Waals surface area contributed by atoms with Crippen LogP contribution in [0.4, 0.5) is 19.0 Å². The number of hydrogen-bond donors (Lipinski definition) is 1. The molecule has 0 aliphatic carbocycles. The summed E-state index contributed by atoms with van der Waals surface area (Å²) >= 11 is 5.63. The number of hydrogen-bond acceptors (Lipinski definition) is 3. The summed E-state index contributed by atoms with van der Waals surface area (Å²) in [5.41, 5.74) is -1.00. The second-order valence-electron chi connectivity index (χ2n) is 3.21. The van der Waals surface area contributed by atoms with Crippen LogP contribution in [-0.4, -0.2) is 22.1 Å². The average Bonchev–Trinajstić information content (AvgIpc) is 2.25. The molecule has 1 aromatic rings. The Morgan fingerprint density at radius 3 is 2.44 bits per heavy atom. The van der Waals surface area contributed by atoms with E-state index in [1.165, 1.54) is 6.07 Å². The van der Waals surface area contributed by atoms with Crippen molar-refractivity contribution in [2.24, 2.45) is 0 Å². The first kappa shape index (κ1) is 13.0. The predicted octanol–water partition coefficient (Wildman–Crippen LogP) is 2.92. The van der Waals surface area contributed by atoms with Crippen LogP contribution in [0, 0.1) is 0 Å². The van der Waals surface area contributed by atoms with Gasteiger partial charge in [-0.25, -0.2) is 0 Å². The van der Waals surface area contributed by atoms with Crippen molar-refractivity contribution in [3.8, 4) is 0 Å². The van der Waals surface area contributed by atoms with E-state index in [1.54, 1.807) is 0 Å². The second kappa shape index (κ2) is 5.34. The quantitative estimate of drug-likeness (QED) is 0.839. The summed E-state index contributed by atoms with van der Waals surface area (Å²) in [6.07, 6.45) is -3.70. The van der Waals surface area contributed by atoms with Crippen LogP contribution < -0.4 is 5.32 Å². The topological polar surface area (TPSA) is 37.8 Å². The van der Waals surface area contributed by atoms with Crippen LogP contribution in [0.2, 0.25) is 0 Å². The number of nitrogens with one attached hydrogen (secondary N) is 1. The summed E-state index contributed by atoms with van der Waals surface area (Å²) in [5.74, 6) is 0.652. The molecule has 1 atom stereocenters. The van der Waals surface area contributed by atoms with E-state index in [0.29, 0.717) is 11.7 Å². The summed E-state index contributed by atoms with van der Waals surface area (Å²) < 4.78 is 36.5. The molecule has 0 saturated heterocycles. The minimum absolute atomic E-state index is 0.0206. The minimum atomic E-state index is -4.46. The highest BCUT2D eigenvalue weighted by Crippen LogP contribution is 2.27. The van der Waals surface area contributed by atoms with Crippen molar-refractivity contribution >= 4 is 17.4 Å². The minimum Gasteiger partial charge on any atom is -0.365 e. The fourth-order valence-corrected chi connectivity index (χ4v) is 1.31. The summed E-state index contributed by atoms with van der Waals surface area (Å²) in [4.78, 5) is 0. The highest BCUT2D eigenvalue weighted by atomic mass is 35.5. The number of nitrogens with zero attached hydrogens (tertiary/aromatic N) is 2. The molecule has 90 valence electrons. The molecule has 0 saturated carbocycles. The SMILES string of the molecule is CCC(CCl)Nc1ccc(C(F)(F)F)nn1. The zero-order valence-electron chi connectivity index (χ0n) is 8.55. The van der Waals surface area contributed by atoms with Crippen molar-refractivity contribution < 1.29 is 13.2 Å². The molecule has 0 aliphatic rings. The van der Waals surface area contributed by atoms with Crippen LogP contribution in [0.25, 0.3) is 0 Å². The molecule has 1 unspecified atom stereocenters. The fraction of sp³-hybridized carbons (Fsp3) is 0.556. The lowest BCUT2D eigenvalue weighted by molar-refractivity contribution is -0.141. The first-order chi connectivity index (χ1) is 7.47. The number of anilines is 1. The molecular weight excluding hydrogens is 243 g/mol. The normalized spacial score (nSPS) is 13.6. The van der Waals surface area contributed by atoms with E-state index in [0.717, 1.165) is 12.5 Å². The summed E-state index contributed by atoms with van der Waals surface area (Å²) in [7, 11) is 0. The van der Waals surface area contributed by atoms with E-state index in [4.69, 9.17) is 11.6 Å². The molecule has 1 N–H and O–H groups in total. The average molecular weight is 254 g/mol. The summed E-state index contributed by atoms with van der Waals surface area (Å²) in [6.45, 7) is 1.91. The molecular formula is C9H11ClF3N3. The Morgan fingerprint density at radius 1 is 1.38 bits per heavy atom. The number of halogens is 4. The van der Waals surface area contributed by atoms with Crippen LogP contribution >= 0.6 is 11.6 Å². The van der Waals surface area contributed by atoms with Crippen molar-refractivity contribution in [3.63, 3.8) is 0 Å². The van der Waals surface area contributed by atoms with Gasteiger partial charge in [0.15, 0.2) is 5.69 Å². The molecule has 7 heteroatoms. The number of aromatic nitrogens is 2. The van der Waals surface area contributed by atoms with Gasteiger partial charge in [0.1, 0.15) is 5.82 Å². The van der Waals surface area contributed by atoms with Gasteiger partial charge in [-0.05, 0) is 18.6 Å². The van der Waals surface area contributed by atoms with E-state index in [2.05, 4.69) is 15.5 Å². The van der Waals surface area contributed by atoms with Crippen LogP contribution in [0.3, 0.4) is 0 Å². The Hall–Kier alpha value is -1.04. The van der Waals surface area contributed by atoms with E-state index < -0.39 is 11.9 Å². The van der Waals surface area contributed by atoms with Gasteiger partial charge in [-0.3, -0.25) is 0 Å². The predicted molar refractivity (Wildman–Crippen MR) is 55.5 cm³/mol.